The molecule has 1 N–H and O–H groups in total. The lowest BCUT2D eigenvalue weighted by Crippen LogP contribution is -2.47. The van der Waals surface area contributed by atoms with Gasteiger partial charge in [-0.1, -0.05) is 267 Å². The first-order chi connectivity index (χ1) is 39.4. The first-order valence-corrected chi connectivity index (χ1v) is 35.4. The van der Waals surface area contributed by atoms with E-state index in [1.807, 2.05) is 33.3 Å². The quantitative estimate of drug-likeness (QED) is 0.0212. The van der Waals surface area contributed by atoms with E-state index in [4.69, 9.17) is 13.8 Å². The van der Waals surface area contributed by atoms with Crippen LogP contribution in [0.15, 0.2) is 85.1 Å². The third-order valence-electron chi connectivity index (χ3n) is 14.8. The molecule has 3 atom stereocenters. The van der Waals surface area contributed by atoms with Gasteiger partial charge in [0.1, 0.15) is 19.3 Å². The van der Waals surface area contributed by atoms with Gasteiger partial charge in [-0.05, 0) is 109 Å². The minimum absolute atomic E-state index is 0.0272. The Morgan fingerprint density at radius 3 is 1.15 bits per heavy atom. The van der Waals surface area contributed by atoms with E-state index >= 15 is 0 Å². The number of ether oxygens (including phenoxy) is 1. The van der Waals surface area contributed by atoms with Gasteiger partial charge < -0.3 is 28.5 Å². The summed E-state index contributed by atoms with van der Waals surface area (Å²) >= 11 is 0. The summed E-state index contributed by atoms with van der Waals surface area (Å²) in [5, 5.41) is 3.03. The van der Waals surface area contributed by atoms with E-state index < -0.39 is 26.6 Å². The fourth-order valence-corrected chi connectivity index (χ4v) is 10.3. The Morgan fingerprint density at radius 2 is 0.753 bits per heavy atom. The number of phosphoric acid groups is 1. The Hall–Kier alpha value is -2.81. The molecule has 0 spiro atoms. The summed E-state index contributed by atoms with van der Waals surface area (Å²) < 4.78 is 30.4. The largest absolute Gasteiger partial charge is 0.756 e. The van der Waals surface area contributed by atoms with Crippen LogP contribution >= 0.6 is 7.82 Å². The van der Waals surface area contributed by atoms with E-state index in [1.54, 1.807) is 0 Å². The maximum absolute atomic E-state index is 13.6. The molecule has 0 saturated carbocycles. The topological polar surface area (TPSA) is 114 Å². The number of esters is 1. The first-order valence-electron chi connectivity index (χ1n) is 33.9. The lowest BCUT2D eigenvalue weighted by molar-refractivity contribution is -0.870. The molecule has 0 heterocycles. The van der Waals surface area contributed by atoms with Crippen LogP contribution in [-0.2, 0) is 27.9 Å². The van der Waals surface area contributed by atoms with Gasteiger partial charge >= 0.3 is 5.97 Å². The van der Waals surface area contributed by atoms with Gasteiger partial charge in [0.15, 0.2) is 0 Å². The highest BCUT2D eigenvalue weighted by Crippen LogP contribution is 2.38. The second-order valence-corrected chi connectivity index (χ2v) is 25.4. The lowest BCUT2D eigenvalue weighted by Gasteiger charge is -2.30. The zero-order valence-electron chi connectivity index (χ0n) is 53.7. The van der Waals surface area contributed by atoms with Gasteiger partial charge in [-0.3, -0.25) is 14.2 Å². The molecular formula is C71H129N2O7P. The first kappa shape index (κ1) is 78.2. The van der Waals surface area contributed by atoms with Crippen LogP contribution in [0, 0.1) is 0 Å². The van der Waals surface area contributed by atoms with Crippen molar-refractivity contribution < 1.29 is 37.3 Å². The number of hydrogen-bond donors (Lipinski definition) is 1. The average Bonchev–Trinajstić information content (AvgIpc) is 3.43. The molecule has 0 rings (SSSR count). The number of nitrogens with one attached hydrogen (secondary N) is 1. The number of phosphoric ester groups is 1. The van der Waals surface area contributed by atoms with Crippen LogP contribution in [0.1, 0.15) is 303 Å². The molecule has 0 saturated heterocycles. The van der Waals surface area contributed by atoms with E-state index in [2.05, 4.69) is 99.0 Å². The molecule has 0 aromatic carbocycles. The number of carbonyl (C=O) groups is 2. The molecular weight excluding hydrogens is 1020 g/mol. The molecule has 0 aliphatic rings. The van der Waals surface area contributed by atoms with Crippen LogP contribution in [0.4, 0.5) is 0 Å². The third-order valence-corrected chi connectivity index (χ3v) is 15.8. The van der Waals surface area contributed by atoms with Gasteiger partial charge in [-0.25, -0.2) is 0 Å². The van der Waals surface area contributed by atoms with Crippen molar-refractivity contribution >= 4 is 19.7 Å². The maximum atomic E-state index is 13.6. The van der Waals surface area contributed by atoms with E-state index in [0.717, 1.165) is 109 Å². The van der Waals surface area contributed by atoms with Crippen LogP contribution in [0.2, 0.25) is 0 Å². The molecule has 0 bridgehead atoms. The number of allylic oxidation sites excluding steroid dienone is 13. The number of amides is 1. The Morgan fingerprint density at radius 1 is 0.432 bits per heavy atom. The smallest absolute Gasteiger partial charge is 0.306 e. The number of rotatable bonds is 61. The summed E-state index contributed by atoms with van der Waals surface area (Å²) in [5.74, 6) is -0.551. The number of likely N-dealkylation sites (N-methyl/N-ethyl adjacent to an activating group) is 1. The summed E-state index contributed by atoms with van der Waals surface area (Å²) in [7, 11) is 1.17. The van der Waals surface area contributed by atoms with Gasteiger partial charge in [0.05, 0.1) is 33.8 Å². The van der Waals surface area contributed by atoms with Gasteiger partial charge in [-0.15, -0.1) is 0 Å². The second-order valence-electron chi connectivity index (χ2n) is 24.0. The number of unbranched alkanes of at least 4 members (excludes halogenated alkanes) is 33. The molecule has 1 amide bonds. The summed E-state index contributed by atoms with van der Waals surface area (Å²) in [4.78, 5) is 40.1. The Kier molecular flexibility index (Phi) is 58.2. The Bertz CT molecular complexity index is 1660. The van der Waals surface area contributed by atoms with E-state index in [0.29, 0.717) is 17.4 Å². The van der Waals surface area contributed by atoms with Gasteiger partial charge in [0.2, 0.25) is 5.91 Å². The molecule has 3 unspecified atom stereocenters. The maximum Gasteiger partial charge on any atom is 0.306 e. The number of quaternary nitrogens is 1. The standard InChI is InChI=1S/C71H129N2O7P/c1-7-10-13-16-19-22-25-27-29-31-33-35-36-38-39-41-43-45-48-51-54-57-60-63-70(74)72-68(67-79-81(76,77)78-66-65-73(4,5)6)69(62-59-56-53-50-47-24-21-18-15-12-9-3)80-71(75)64-61-58-55-52-49-46-44-42-40-37-34-32-30-28-26-23-20-17-14-11-8-2/h19-20,22-23,27-30,33-35,37,59,62,68-69H,7-18,21,24-26,31-32,36,38-58,60-61,63-67H2,1-6H3,(H-,72,74,76,77)/b22-19-,23-20-,29-27-,30-28-,35-33-,37-34-,62-59+. The fourth-order valence-electron chi connectivity index (χ4n) is 9.54. The highest BCUT2D eigenvalue weighted by Gasteiger charge is 2.27. The summed E-state index contributed by atoms with van der Waals surface area (Å²) in [6, 6.07) is -0.898. The fraction of sp³-hybridized carbons (Fsp3) is 0.775. The van der Waals surface area contributed by atoms with Crippen molar-refractivity contribution in [3.63, 3.8) is 0 Å². The molecule has 0 aliphatic heterocycles. The molecule has 10 heteroatoms. The van der Waals surface area contributed by atoms with Crippen molar-refractivity contribution in [1.29, 1.82) is 0 Å². The average molecular weight is 1150 g/mol. The molecule has 0 aromatic heterocycles. The molecule has 470 valence electrons. The van der Waals surface area contributed by atoms with Crippen LogP contribution < -0.4 is 10.2 Å². The minimum Gasteiger partial charge on any atom is -0.756 e. The predicted octanol–water partition coefficient (Wildman–Crippen LogP) is 20.7. The minimum atomic E-state index is -4.71. The summed E-state index contributed by atoms with van der Waals surface area (Å²) in [6.07, 6.45) is 79.8. The number of hydrogen-bond acceptors (Lipinski definition) is 7. The van der Waals surface area contributed by atoms with Crippen molar-refractivity contribution in [2.24, 2.45) is 0 Å². The zero-order chi connectivity index (χ0) is 59.3. The van der Waals surface area contributed by atoms with Crippen molar-refractivity contribution in [2.45, 2.75) is 315 Å². The van der Waals surface area contributed by atoms with E-state index in [9.17, 15) is 19.0 Å². The van der Waals surface area contributed by atoms with Crippen molar-refractivity contribution in [2.75, 3.05) is 40.9 Å². The van der Waals surface area contributed by atoms with Gasteiger partial charge in [0, 0.05) is 12.8 Å². The van der Waals surface area contributed by atoms with E-state index in [-0.39, 0.29) is 24.9 Å². The van der Waals surface area contributed by atoms with E-state index in [1.165, 1.54) is 161 Å². The normalized spacial score (nSPS) is 14.1. The molecule has 9 nitrogen and oxygen atoms in total. The molecule has 0 radical (unpaired) electrons. The van der Waals surface area contributed by atoms with Crippen LogP contribution in [0.5, 0.6) is 0 Å². The van der Waals surface area contributed by atoms with Gasteiger partial charge in [0.25, 0.3) is 7.82 Å². The number of nitrogens with zero attached hydrogens (tertiary/aromatic N) is 1. The zero-order valence-corrected chi connectivity index (χ0v) is 54.6. The lowest BCUT2D eigenvalue weighted by atomic mass is 10.0. The molecule has 0 aromatic rings. The second kappa shape index (κ2) is 60.3. The SMILES string of the molecule is CCCCC/C=C\C/C=C\C/C=C\CCCCCCCCCCCCC(=O)NC(COP(=O)([O-])OCC[N+](C)(C)C)C(/C=C/CCCCCCCCCCC)OC(=O)CCCCCCCCCC/C=C\C/C=C\C/C=C\CCCCC. The Labute approximate surface area is 501 Å². The molecule has 81 heavy (non-hydrogen) atoms. The van der Waals surface area contributed by atoms with Crippen LogP contribution in [-0.4, -0.2) is 69.4 Å². The molecule has 0 aliphatic carbocycles. The van der Waals surface area contributed by atoms with Gasteiger partial charge in [-0.2, -0.15) is 0 Å². The predicted molar refractivity (Wildman–Crippen MR) is 348 cm³/mol. The van der Waals surface area contributed by atoms with Crippen molar-refractivity contribution in [1.82, 2.24) is 5.32 Å². The van der Waals surface area contributed by atoms with Crippen LogP contribution in [0.3, 0.4) is 0 Å². The summed E-state index contributed by atoms with van der Waals surface area (Å²) in [6.45, 7) is 6.79. The van der Waals surface area contributed by atoms with Crippen molar-refractivity contribution in [3.8, 4) is 0 Å². The third kappa shape index (κ3) is 61.6. The van der Waals surface area contributed by atoms with Crippen LogP contribution in [0.25, 0.3) is 0 Å². The summed E-state index contributed by atoms with van der Waals surface area (Å²) in [5.41, 5.74) is 0. The highest BCUT2D eigenvalue weighted by atomic mass is 31.2. The highest BCUT2D eigenvalue weighted by molar-refractivity contribution is 7.45. The monoisotopic (exact) mass is 1150 g/mol. The molecule has 0 fully saturated rings. The Balaban J connectivity index is 5.12. The van der Waals surface area contributed by atoms with Crippen molar-refractivity contribution in [3.05, 3.63) is 85.1 Å². The number of carbonyl (C=O) groups excluding carboxylic acids is 2.